The van der Waals surface area contributed by atoms with E-state index in [1.807, 2.05) is 30.3 Å². The number of nitrogens with one attached hydrogen (secondary N) is 1. The van der Waals surface area contributed by atoms with Crippen molar-refractivity contribution in [3.05, 3.63) is 36.5 Å². The Balaban J connectivity index is 0.00000110. The minimum atomic E-state index is 0. The summed E-state index contributed by atoms with van der Waals surface area (Å²) >= 11 is 0. The second-order valence-electron chi connectivity index (χ2n) is 5.18. The smallest absolute Gasteiger partial charge is 0.227 e. The number of fused-ring (bicyclic) bond motifs is 1. The number of benzene rings is 1. The number of hydrogen-bond donors (Lipinski definition) is 2. The van der Waals surface area contributed by atoms with E-state index in [0.717, 1.165) is 35.9 Å². The van der Waals surface area contributed by atoms with Crippen molar-refractivity contribution in [2.75, 3.05) is 5.32 Å². The van der Waals surface area contributed by atoms with E-state index in [0.29, 0.717) is 0 Å². The van der Waals surface area contributed by atoms with E-state index < -0.39 is 0 Å². The maximum Gasteiger partial charge on any atom is 0.227 e. The molecule has 3 N–H and O–H groups in total. The fourth-order valence-electron chi connectivity index (χ4n) is 2.64. The molecule has 1 aromatic carbocycles. The normalized spacial score (nSPS) is 20.4. The predicted molar refractivity (Wildman–Crippen MR) is 90.2 cm³/mol. The Kier molecular flexibility index (Phi) is 6.40. The molecule has 1 aliphatic carbocycles. The second-order valence-corrected chi connectivity index (χ2v) is 5.18. The molecule has 0 spiro atoms. The van der Waals surface area contributed by atoms with E-state index in [4.69, 9.17) is 5.73 Å². The third-order valence-corrected chi connectivity index (χ3v) is 3.70. The summed E-state index contributed by atoms with van der Waals surface area (Å²) in [5.74, 6) is 0.103. The molecule has 0 saturated heterocycles. The van der Waals surface area contributed by atoms with Gasteiger partial charge in [0.2, 0.25) is 5.91 Å². The van der Waals surface area contributed by atoms with Crippen LogP contribution < -0.4 is 11.1 Å². The number of aromatic nitrogens is 1. The van der Waals surface area contributed by atoms with E-state index in [1.165, 1.54) is 0 Å². The van der Waals surface area contributed by atoms with E-state index in [2.05, 4.69) is 10.3 Å². The van der Waals surface area contributed by atoms with Gasteiger partial charge in [-0.25, -0.2) is 0 Å². The molecular weight excluding hydrogens is 309 g/mol. The van der Waals surface area contributed by atoms with Gasteiger partial charge >= 0.3 is 0 Å². The standard InChI is InChI=1S/C15H17N3O.2ClH/c16-12-6-5-11(7-12)15(19)18-13-8-10-3-1-2-4-14(10)17-9-13;;/h1-4,8-9,11-12H,5-7,16H2,(H,18,19);2*1H. The molecule has 1 fully saturated rings. The molecule has 0 bridgehead atoms. The molecule has 114 valence electrons. The van der Waals surface area contributed by atoms with Crippen LogP contribution in [0, 0.1) is 5.92 Å². The molecule has 1 heterocycles. The molecule has 6 heteroatoms. The van der Waals surface area contributed by atoms with Gasteiger partial charge in [0.25, 0.3) is 0 Å². The van der Waals surface area contributed by atoms with E-state index in [-0.39, 0.29) is 42.7 Å². The maximum atomic E-state index is 12.1. The van der Waals surface area contributed by atoms with Gasteiger partial charge in [0, 0.05) is 17.3 Å². The largest absolute Gasteiger partial charge is 0.328 e. The van der Waals surface area contributed by atoms with Crippen molar-refractivity contribution < 1.29 is 4.79 Å². The summed E-state index contributed by atoms with van der Waals surface area (Å²) in [5, 5.41) is 3.97. The molecule has 2 atom stereocenters. The van der Waals surface area contributed by atoms with Crippen molar-refractivity contribution in [3.63, 3.8) is 0 Å². The van der Waals surface area contributed by atoms with Gasteiger partial charge < -0.3 is 11.1 Å². The van der Waals surface area contributed by atoms with E-state index >= 15 is 0 Å². The lowest BCUT2D eigenvalue weighted by atomic mass is 10.1. The topological polar surface area (TPSA) is 68.0 Å². The number of amides is 1. The molecule has 21 heavy (non-hydrogen) atoms. The minimum Gasteiger partial charge on any atom is -0.328 e. The zero-order chi connectivity index (χ0) is 13.2. The average molecular weight is 328 g/mol. The summed E-state index contributed by atoms with van der Waals surface area (Å²) in [6.07, 6.45) is 4.31. The average Bonchev–Trinajstić information content (AvgIpc) is 2.85. The first kappa shape index (κ1) is 17.7. The zero-order valence-electron chi connectivity index (χ0n) is 11.5. The number of para-hydroxylation sites is 1. The lowest BCUT2D eigenvalue weighted by Crippen LogP contribution is -2.23. The van der Waals surface area contributed by atoms with Crippen LogP contribution in [0.4, 0.5) is 5.69 Å². The third-order valence-electron chi connectivity index (χ3n) is 3.70. The van der Waals surface area contributed by atoms with Crippen LogP contribution in [0.5, 0.6) is 0 Å². The highest BCUT2D eigenvalue weighted by Crippen LogP contribution is 2.25. The molecular formula is C15H19Cl2N3O. The Morgan fingerprint density at radius 2 is 2.00 bits per heavy atom. The molecule has 1 amide bonds. The predicted octanol–water partition coefficient (Wildman–Crippen LogP) is 3.14. The summed E-state index contributed by atoms with van der Waals surface area (Å²) in [5.41, 5.74) is 7.53. The summed E-state index contributed by atoms with van der Waals surface area (Å²) in [7, 11) is 0. The minimum absolute atomic E-state index is 0. The van der Waals surface area contributed by atoms with Crippen molar-refractivity contribution in [1.82, 2.24) is 4.98 Å². The van der Waals surface area contributed by atoms with Gasteiger partial charge in [0.15, 0.2) is 0 Å². The number of carbonyl (C=O) groups excluding carboxylic acids is 1. The Hall–Kier alpha value is -1.36. The maximum absolute atomic E-state index is 12.1. The zero-order valence-corrected chi connectivity index (χ0v) is 13.1. The highest BCUT2D eigenvalue weighted by Gasteiger charge is 2.27. The number of nitrogens with zero attached hydrogens (tertiary/aromatic N) is 1. The van der Waals surface area contributed by atoms with Crippen LogP contribution in [-0.4, -0.2) is 16.9 Å². The number of nitrogens with two attached hydrogens (primary N) is 1. The summed E-state index contributed by atoms with van der Waals surface area (Å²) in [6.45, 7) is 0. The Labute approximate surface area is 136 Å². The Morgan fingerprint density at radius 3 is 2.71 bits per heavy atom. The first-order valence-corrected chi connectivity index (χ1v) is 6.63. The first-order valence-electron chi connectivity index (χ1n) is 6.63. The number of carbonyl (C=O) groups is 1. The first-order chi connectivity index (χ1) is 9.22. The SMILES string of the molecule is Cl.Cl.NC1CCC(C(=O)Nc2cnc3ccccc3c2)C1. The Bertz CT molecular complexity index is 621. The van der Waals surface area contributed by atoms with Gasteiger partial charge in [-0.1, -0.05) is 18.2 Å². The molecule has 1 aromatic heterocycles. The van der Waals surface area contributed by atoms with E-state index in [9.17, 15) is 4.79 Å². The van der Waals surface area contributed by atoms with Crippen LogP contribution in [0.25, 0.3) is 10.9 Å². The molecule has 2 aromatic rings. The number of hydrogen-bond acceptors (Lipinski definition) is 3. The lowest BCUT2D eigenvalue weighted by molar-refractivity contribution is -0.119. The molecule has 0 aliphatic heterocycles. The van der Waals surface area contributed by atoms with Gasteiger partial charge in [-0.05, 0) is 31.4 Å². The fourth-order valence-corrected chi connectivity index (χ4v) is 2.64. The number of rotatable bonds is 2. The third kappa shape index (κ3) is 4.06. The molecule has 1 aliphatic rings. The van der Waals surface area contributed by atoms with Gasteiger partial charge in [-0.3, -0.25) is 9.78 Å². The number of pyridine rings is 1. The van der Waals surface area contributed by atoms with Crippen molar-refractivity contribution in [3.8, 4) is 0 Å². The molecule has 4 nitrogen and oxygen atoms in total. The quantitative estimate of drug-likeness (QED) is 0.890. The summed E-state index contributed by atoms with van der Waals surface area (Å²) in [6, 6.07) is 9.99. The molecule has 3 rings (SSSR count). The van der Waals surface area contributed by atoms with Gasteiger partial charge in [0.1, 0.15) is 0 Å². The van der Waals surface area contributed by atoms with Gasteiger partial charge in [0.05, 0.1) is 17.4 Å². The highest BCUT2D eigenvalue weighted by atomic mass is 35.5. The van der Waals surface area contributed by atoms with Crippen LogP contribution in [0.2, 0.25) is 0 Å². The summed E-state index contributed by atoms with van der Waals surface area (Å²) < 4.78 is 0. The van der Waals surface area contributed by atoms with Crippen LogP contribution >= 0.6 is 24.8 Å². The Morgan fingerprint density at radius 1 is 1.24 bits per heavy atom. The monoisotopic (exact) mass is 327 g/mol. The second kappa shape index (κ2) is 7.59. The number of anilines is 1. The fraction of sp³-hybridized carbons (Fsp3) is 0.333. The van der Waals surface area contributed by atoms with Gasteiger partial charge in [-0.2, -0.15) is 0 Å². The van der Waals surface area contributed by atoms with Gasteiger partial charge in [-0.15, -0.1) is 24.8 Å². The van der Waals surface area contributed by atoms with Crippen molar-refractivity contribution in [1.29, 1.82) is 0 Å². The van der Waals surface area contributed by atoms with Crippen molar-refractivity contribution in [2.24, 2.45) is 11.7 Å². The lowest BCUT2D eigenvalue weighted by Gasteiger charge is -2.11. The number of halogens is 2. The van der Waals surface area contributed by atoms with Crippen molar-refractivity contribution >= 4 is 47.3 Å². The molecule has 2 unspecified atom stereocenters. The molecule has 1 saturated carbocycles. The van der Waals surface area contributed by atoms with Crippen LogP contribution in [0.1, 0.15) is 19.3 Å². The molecule has 0 radical (unpaired) electrons. The van der Waals surface area contributed by atoms with Crippen molar-refractivity contribution in [2.45, 2.75) is 25.3 Å². The van der Waals surface area contributed by atoms with E-state index in [1.54, 1.807) is 6.20 Å². The van der Waals surface area contributed by atoms with Crippen LogP contribution in [-0.2, 0) is 4.79 Å². The highest BCUT2D eigenvalue weighted by molar-refractivity contribution is 5.94. The summed E-state index contributed by atoms with van der Waals surface area (Å²) in [4.78, 5) is 16.4. The van der Waals surface area contributed by atoms with Crippen LogP contribution in [0.3, 0.4) is 0 Å². The van der Waals surface area contributed by atoms with Crippen LogP contribution in [0.15, 0.2) is 36.5 Å².